The van der Waals surface area contributed by atoms with Crippen LogP contribution < -0.4 is 4.74 Å². The molecule has 0 radical (unpaired) electrons. The van der Waals surface area contributed by atoms with E-state index in [1.165, 1.54) is 12.1 Å². The highest BCUT2D eigenvalue weighted by Crippen LogP contribution is 2.33. The fourth-order valence-electron chi connectivity index (χ4n) is 3.86. The molecule has 35 heavy (non-hydrogen) atoms. The van der Waals surface area contributed by atoms with Crippen LogP contribution in [0.5, 0.6) is 5.75 Å². The van der Waals surface area contributed by atoms with Gasteiger partial charge in [-0.3, -0.25) is 4.79 Å². The van der Waals surface area contributed by atoms with Gasteiger partial charge in [0, 0.05) is 29.5 Å². The molecule has 0 spiro atoms. The molecule has 8 heteroatoms. The number of carboxylic acid groups (broad SMARTS) is 1. The van der Waals surface area contributed by atoms with Gasteiger partial charge in [0.2, 0.25) is 0 Å². The Bertz CT molecular complexity index is 1180. The van der Waals surface area contributed by atoms with Gasteiger partial charge in [0.1, 0.15) is 5.75 Å². The number of carbonyl (C=O) groups is 1. The smallest absolute Gasteiger partial charge is 0.416 e. The maximum atomic E-state index is 12.9. The van der Waals surface area contributed by atoms with Crippen molar-refractivity contribution in [3.63, 3.8) is 0 Å². The second-order valence-corrected chi connectivity index (χ2v) is 9.87. The number of nitrogens with zero attached hydrogens (tertiary/aromatic N) is 2. The summed E-state index contributed by atoms with van der Waals surface area (Å²) < 4.78 is 46.5. The zero-order valence-corrected chi connectivity index (χ0v) is 20.6. The molecule has 5 nitrogen and oxygen atoms in total. The van der Waals surface area contributed by atoms with E-state index in [0.29, 0.717) is 24.5 Å². The van der Waals surface area contributed by atoms with Gasteiger partial charge in [-0.1, -0.05) is 33.8 Å². The monoisotopic (exact) mass is 488 g/mol. The van der Waals surface area contributed by atoms with Gasteiger partial charge in [-0.25, -0.2) is 4.68 Å². The van der Waals surface area contributed by atoms with E-state index < -0.39 is 17.7 Å². The van der Waals surface area contributed by atoms with Crippen LogP contribution in [-0.4, -0.2) is 27.5 Å². The summed E-state index contributed by atoms with van der Waals surface area (Å²) in [7, 11) is 0. The standard InChI is InChI=1S/C27H31F3N2O3/c1-17-14-22(12-6-19(17)7-13-24(33)34)35-16-18(2)23-15-32(31-25(23)26(3,4)5)21-10-8-20(9-11-21)27(28,29)30/h6,8-12,14-15,18H,7,13,16H2,1-5H3,(H,33,34). The molecule has 1 unspecified atom stereocenters. The van der Waals surface area contributed by atoms with Crippen molar-refractivity contribution in [2.45, 2.75) is 65.0 Å². The van der Waals surface area contributed by atoms with Gasteiger partial charge in [-0.05, 0) is 60.9 Å². The van der Waals surface area contributed by atoms with Gasteiger partial charge >= 0.3 is 12.1 Å². The van der Waals surface area contributed by atoms with Gasteiger partial charge in [-0.2, -0.15) is 18.3 Å². The molecule has 0 fully saturated rings. The lowest BCUT2D eigenvalue weighted by molar-refractivity contribution is -0.138. The number of aliphatic carboxylic acids is 1. The Labute approximate surface area is 203 Å². The number of rotatable bonds is 8. The fraction of sp³-hybridized carbons (Fsp3) is 0.407. The first kappa shape index (κ1) is 26.3. The second-order valence-electron chi connectivity index (χ2n) is 9.87. The van der Waals surface area contributed by atoms with Crippen molar-refractivity contribution < 1.29 is 27.8 Å². The summed E-state index contributed by atoms with van der Waals surface area (Å²) in [6, 6.07) is 10.6. The highest BCUT2D eigenvalue weighted by molar-refractivity contribution is 5.67. The SMILES string of the molecule is Cc1cc(OCC(C)c2cn(-c3ccc(C(F)(F)F)cc3)nc2C(C)(C)C)ccc1CCC(=O)O. The van der Waals surface area contributed by atoms with E-state index in [0.717, 1.165) is 34.5 Å². The van der Waals surface area contributed by atoms with Crippen molar-refractivity contribution in [2.75, 3.05) is 6.61 Å². The summed E-state index contributed by atoms with van der Waals surface area (Å²) in [5.41, 5.74) is 3.35. The zero-order chi connectivity index (χ0) is 26.0. The molecule has 0 saturated heterocycles. The quantitative estimate of drug-likeness (QED) is 0.383. The minimum absolute atomic E-state index is 0.0283. The number of hydrogen-bond acceptors (Lipinski definition) is 3. The molecular weight excluding hydrogens is 457 g/mol. The van der Waals surface area contributed by atoms with Crippen LogP contribution in [0.4, 0.5) is 13.2 Å². The lowest BCUT2D eigenvalue weighted by Crippen LogP contribution is -2.17. The van der Waals surface area contributed by atoms with Gasteiger partial charge < -0.3 is 9.84 Å². The highest BCUT2D eigenvalue weighted by Gasteiger charge is 2.30. The van der Waals surface area contributed by atoms with Gasteiger partial charge in [-0.15, -0.1) is 0 Å². The van der Waals surface area contributed by atoms with Crippen molar-refractivity contribution in [3.8, 4) is 11.4 Å². The Morgan fingerprint density at radius 1 is 1.11 bits per heavy atom. The van der Waals surface area contributed by atoms with Crippen LogP contribution in [-0.2, 0) is 22.8 Å². The molecule has 0 amide bonds. The molecule has 1 atom stereocenters. The average Bonchev–Trinajstić information content (AvgIpc) is 3.22. The molecule has 0 bridgehead atoms. The summed E-state index contributed by atoms with van der Waals surface area (Å²) in [4.78, 5) is 10.8. The van der Waals surface area contributed by atoms with Crippen LogP contribution in [0.25, 0.3) is 5.69 Å². The van der Waals surface area contributed by atoms with Crippen molar-refractivity contribution in [1.29, 1.82) is 0 Å². The molecule has 3 rings (SSSR count). The molecule has 0 aliphatic carbocycles. The third-order valence-corrected chi connectivity index (χ3v) is 5.87. The van der Waals surface area contributed by atoms with Crippen molar-refractivity contribution >= 4 is 5.97 Å². The summed E-state index contributed by atoms with van der Waals surface area (Å²) in [6.07, 6.45) is -1.98. The van der Waals surface area contributed by atoms with E-state index in [4.69, 9.17) is 14.9 Å². The second kappa shape index (κ2) is 10.1. The van der Waals surface area contributed by atoms with Crippen LogP contribution in [0.15, 0.2) is 48.7 Å². The fourth-order valence-corrected chi connectivity index (χ4v) is 3.86. The first-order valence-electron chi connectivity index (χ1n) is 11.5. The number of aryl methyl sites for hydroxylation is 2. The maximum absolute atomic E-state index is 12.9. The van der Waals surface area contributed by atoms with E-state index in [1.54, 1.807) is 4.68 Å². The average molecular weight is 489 g/mol. The molecule has 0 aliphatic rings. The van der Waals surface area contributed by atoms with E-state index in [9.17, 15) is 18.0 Å². The number of ether oxygens (including phenoxy) is 1. The summed E-state index contributed by atoms with van der Waals surface area (Å²) in [6.45, 7) is 10.5. The lowest BCUT2D eigenvalue weighted by Gasteiger charge is -2.21. The minimum atomic E-state index is -4.39. The van der Waals surface area contributed by atoms with Crippen LogP contribution >= 0.6 is 0 Å². The van der Waals surface area contributed by atoms with Gasteiger partial charge in [0.15, 0.2) is 0 Å². The predicted octanol–water partition coefficient (Wildman–Crippen LogP) is 6.70. The molecule has 3 aromatic rings. The van der Waals surface area contributed by atoms with Crippen LogP contribution in [0.1, 0.15) is 68.0 Å². The summed E-state index contributed by atoms with van der Waals surface area (Å²) >= 11 is 0. The predicted molar refractivity (Wildman–Crippen MR) is 128 cm³/mol. The Balaban J connectivity index is 1.79. The lowest BCUT2D eigenvalue weighted by atomic mass is 9.86. The first-order valence-corrected chi connectivity index (χ1v) is 11.5. The number of benzene rings is 2. The Hall–Kier alpha value is -3.29. The molecule has 1 heterocycles. The normalized spacial score (nSPS) is 13.0. The van der Waals surface area contributed by atoms with E-state index in [-0.39, 0.29) is 17.8 Å². The van der Waals surface area contributed by atoms with Crippen LogP contribution in [0, 0.1) is 6.92 Å². The summed E-state index contributed by atoms with van der Waals surface area (Å²) in [5.74, 6) is -0.162. The van der Waals surface area contributed by atoms with E-state index >= 15 is 0 Å². The maximum Gasteiger partial charge on any atom is 0.416 e. The number of halogens is 3. The number of aromatic nitrogens is 2. The van der Waals surface area contributed by atoms with Crippen molar-refractivity contribution in [2.24, 2.45) is 0 Å². The minimum Gasteiger partial charge on any atom is -0.493 e. The topological polar surface area (TPSA) is 64.4 Å². The Morgan fingerprint density at radius 3 is 2.31 bits per heavy atom. The third kappa shape index (κ3) is 6.65. The highest BCUT2D eigenvalue weighted by atomic mass is 19.4. The molecule has 1 aromatic heterocycles. The number of carboxylic acids is 1. The molecule has 1 N–H and O–H groups in total. The van der Waals surface area contributed by atoms with Gasteiger partial charge in [0.25, 0.3) is 0 Å². The Morgan fingerprint density at radius 2 is 1.77 bits per heavy atom. The molecule has 0 saturated carbocycles. The Kier molecular flexibility index (Phi) is 7.62. The third-order valence-electron chi connectivity index (χ3n) is 5.87. The first-order chi connectivity index (χ1) is 16.3. The van der Waals surface area contributed by atoms with Crippen LogP contribution in [0.2, 0.25) is 0 Å². The molecular formula is C27H31F3N2O3. The van der Waals surface area contributed by atoms with Gasteiger partial charge in [0.05, 0.1) is 23.6 Å². The number of hydrogen-bond donors (Lipinski definition) is 1. The summed E-state index contributed by atoms with van der Waals surface area (Å²) in [5, 5.41) is 13.6. The van der Waals surface area contributed by atoms with E-state index in [1.807, 2.05) is 59.0 Å². The molecule has 188 valence electrons. The molecule has 2 aromatic carbocycles. The van der Waals surface area contributed by atoms with E-state index in [2.05, 4.69) is 0 Å². The molecule has 0 aliphatic heterocycles. The largest absolute Gasteiger partial charge is 0.493 e. The van der Waals surface area contributed by atoms with Crippen molar-refractivity contribution in [1.82, 2.24) is 9.78 Å². The van der Waals surface area contributed by atoms with Crippen molar-refractivity contribution in [3.05, 3.63) is 76.6 Å². The number of alkyl halides is 3. The van der Waals surface area contributed by atoms with Crippen LogP contribution in [0.3, 0.4) is 0 Å². The zero-order valence-electron chi connectivity index (χ0n) is 20.6.